The fourth-order valence-electron chi connectivity index (χ4n) is 4.77. The normalized spacial score (nSPS) is 14.9. The van der Waals surface area contributed by atoms with Crippen molar-refractivity contribution >= 4 is 28.2 Å². The van der Waals surface area contributed by atoms with Gasteiger partial charge in [0.05, 0.1) is 28.9 Å². The van der Waals surface area contributed by atoms with Crippen LogP contribution in [-0.2, 0) is 4.74 Å². The van der Waals surface area contributed by atoms with E-state index in [-0.39, 0.29) is 18.0 Å². The molecule has 1 fully saturated rings. The van der Waals surface area contributed by atoms with E-state index in [9.17, 15) is 10.1 Å². The van der Waals surface area contributed by atoms with Crippen molar-refractivity contribution in [3.05, 3.63) is 58.3 Å². The fourth-order valence-corrected chi connectivity index (χ4v) is 4.77. The number of rotatable bonds is 6. The van der Waals surface area contributed by atoms with Crippen molar-refractivity contribution in [3.63, 3.8) is 0 Å². The summed E-state index contributed by atoms with van der Waals surface area (Å²) in [4.78, 5) is 15.3. The van der Waals surface area contributed by atoms with E-state index in [2.05, 4.69) is 26.9 Å². The van der Waals surface area contributed by atoms with Gasteiger partial charge in [0.1, 0.15) is 0 Å². The number of nitriles is 1. The average molecular weight is 473 g/mol. The monoisotopic (exact) mass is 472 g/mol. The van der Waals surface area contributed by atoms with Crippen molar-refractivity contribution in [2.45, 2.75) is 45.7 Å². The second kappa shape index (κ2) is 10.3. The summed E-state index contributed by atoms with van der Waals surface area (Å²) < 4.78 is 5.46. The molecule has 35 heavy (non-hydrogen) atoms. The predicted molar refractivity (Wildman–Crippen MR) is 138 cm³/mol. The highest BCUT2D eigenvalue weighted by Crippen LogP contribution is 2.33. The molecule has 1 aliphatic rings. The molecule has 1 unspecified atom stereocenters. The molecule has 0 saturated carbocycles. The molecule has 1 saturated heterocycles. The quantitative estimate of drug-likeness (QED) is 0.541. The van der Waals surface area contributed by atoms with Gasteiger partial charge in [-0.3, -0.25) is 4.79 Å². The summed E-state index contributed by atoms with van der Waals surface area (Å²) in [7, 11) is 3.69. The summed E-state index contributed by atoms with van der Waals surface area (Å²) in [5, 5.41) is 26.6. The topological polar surface area (TPSA) is 103 Å². The number of aromatic nitrogens is 2. The Balaban J connectivity index is 1.72. The summed E-state index contributed by atoms with van der Waals surface area (Å²) in [5.41, 5.74) is 4.74. The van der Waals surface area contributed by atoms with E-state index in [0.717, 1.165) is 46.1 Å². The summed E-state index contributed by atoms with van der Waals surface area (Å²) >= 11 is 0. The molecule has 3 aromatic rings. The van der Waals surface area contributed by atoms with Crippen LogP contribution < -0.4 is 10.6 Å². The van der Waals surface area contributed by atoms with Crippen molar-refractivity contribution in [2.75, 3.05) is 37.9 Å². The molecule has 4 rings (SSSR count). The van der Waals surface area contributed by atoms with Crippen LogP contribution in [0.5, 0.6) is 0 Å². The van der Waals surface area contributed by atoms with Crippen LogP contribution in [-0.4, -0.2) is 54.4 Å². The largest absolute Gasteiger partial charge is 0.387 e. The zero-order valence-corrected chi connectivity index (χ0v) is 21.0. The van der Waals surface area contributed by atoms with E-state index in [1.165, 1.54) is 0 Å². The van der Waals surface area contributed by atoms with Gasteiger partial charge in [0.2, 0.25) is 0 Å². The lowest BCUT2D eigenvalue weighted by atomic mass is 9.97. The highest BCUT2D eigenvalue weighted by atomic mass is 16.5. The number of amides is 1. The lowest BCUT2D eigenvalue weighted by Gasteiger charge is -2.31. The van der Waals surface area contributed by atoms with Gasteiger partial charge >= 0.3 is 0 Å². The second-order valence-electron chi connectivity index (χ2n) is 9.08. The van der Waals surface area contributed by atoms with E-state index in [1.807, 2.05) is 70.1 Å². The number of carbonyl (C=O) groups is 1. The first kappa shape index (κ1) is 24.4. The van der Waals surface area contributed by atoms with E-state index >= 15 is 0 Å². The van der Waals surface area contributed by atoms with Gasteiger partial charge in [-0.1, -0.05) is 12.1 Å². The molecule has 2 N–H and O–H groups in total. The molecule has 8 nitrogen and oxygen atoms in total. The van der Waals surface area contributed by atoms with Gasteiger partial charge in [0.25, 0.3) is 5.91 Å². The maximum Gasteiger partial charge on any atom is 0.255 e. The Hall–Kier alpha value is -3.70. The van der Waals surface area contributed by atoms with Gasteiger partial charge in [0, 0.05) is 49.8 Å². The minimum Gasteiger partial charge on any atom is -0.387 e. The number of hydrogen-bond donors (Lipinski definition) is 2. The molecule has 0 spiro atoms. The third-order valence-corrected chi connectivity index (χ3v) is 6.98. The maximum atomic E-state index is 13.5. The lowest BCUT2D eigenvalue weighted by Crippen LogP contribution is -2.40. The van der Waals surface area contributed by atoms with Crippen LogP contribution in [0, 0.1) is 25.2 Å². The second-order valence-corrected chi connectivity index (χ2v) is 9.08. The minimum atomic E-state index is -0.0949. The molecule has 8 heteroatoms. The number of hydrogen-bond acceptors (Lipinski definition) is 7. The standard InChI is InChI=1S/C27H32N6O2/c1-16-19(15-28)7-6-8-21(16)17(2)30-26-23-14-25(29-4)24(13-22(23)18(3)31-32-26)27(34)33(5)20-9-11-35-12-10-20/h6-8,13-14,17,20,29H,9-12H2,1-5H3,(H,30,32). The number of anilines is 2. The van der Waals surface area contributed by atoms with E-state index < -0.39 is 0 Å². The van der Waals surface area contributed by atoms with Crippen LogP contribution >= 0.6 is 0 Å². The molecular weight excluding hydrogens is 440 g/mol. The first-order chi connectivity index (χ1) is 16.8. The van der Waals surface area contributed by atoms with Crippen molar-refractivity contribution in [3.8, 4) is 6.07 Å². The molecule has 1 aromatic heterocycles. The summed E-state index contributed by atoms with van der Waals surface area (Å²) in [6, 6.07) is 11.9. The average Bonchev–Trinajstić information content (AvgIpc) is 2.89. The van der Waals surface area contributed by atoms with E-state index in [4.69, 9.17) is 4.74 Å². The lowest BCUT2D eigenvalue weighted by molar-refractivity contribution is 0.0362. The molecule has 2 aromatic carbocycles. The van der Waals surface area contributed by atoms with Gasteiger partial charge in [-0.2, -0.15) is 10.4 Å². The van der Waals surface area contributed by atoms with Crippen molar-refractivity contribution in [2.24, 2.45) is 0 Å². The summed E-state index contributed by atoms with van der Waals surface area (Å²) in [6.45, 7) is 7.25. The number of benzene rings is 2. The summed E-state index contributed by atoms with van der Waals surface area (Å²) in [6.07, 6.45) is 1.68. The fraction of sp³-hybridized carbons (Fsp3) is 0.407. The molecular formula is C27H32N6O2. The molecule has 1 amide bonds. The van der Waals surface area contributed by atoms with E-state index in [0.29, 0.717) is 30.2 Å². The van der Waals surface area contributed by atoms with Gasteiger partial charge in [0.15, 0.2) is 5.82 Å². The van der Waals surface area contributed by atoms with Crippen molar-refractivity contribution < 1.29 is 9.53 Å². The number of fused-ring (bicyclic) bond motifs is 1. The first-order valence-electron chi connectivity index (χ1n) is 12.0. The van der Waals surface area contributed by atoms with Crippen molar-refractivity contribution in [1.29, 1.82) is 5.26 Å². The van der Waals surface area contributed by atoms with Gasteiger partial charge in [-0.15, -0.1) is 5.10 Å². The first-order valence-corrected chi connectivity index (χ1v) is 12.0. The Morgan fingerprint density at radius 2 is 1.94 bits per heavy atom. The number of nitrogens with zero attached hydrogens (tertiary/aromatic N) is 4. The Labute approximate surface area is 206 Å². The van der Waals surface area contributed by atoms with Crippen LogP contribution in [0.2, 0.25) is 0 Å². The molecule has 2 heterocycles. The third-order valence-electron chi connectivity index (χ3n) is 6.98. The van der Waals surface area contributed by atoms with E-state index in [1.54, 1.807) is 0 Å². The van der Waals surface area contributed by atoms with Gasteiger partial charge in [-0.25, -0.2) is 0 Å². The molecule has 1 aliphatic heterocycles. The highest BCUT2D eigenvalue weighted by molar-refractivity contribution is 6.06. The van der Waals surface area contributed by atoms with Crippen LogP contribution in [0.4, 0.5) is 11.5 Å². The van der Waals surface area contributed by atoms with Gasteiger partial charge in [-0.05, 0) is 62.9 Å². The van der Waals surface area contributed by atoms with Crippen molar-refractivity contribution in [1.82, 2.24) is 15.1 Å². The smallest absolute Gasteiger partial charge is 0.255 e. The molecule has 0 bridgehead atoms. The molecule has 0 radical (unpaired) electrons. The number of aryl methyl sites for hydroxylation is 1. The number of carbonyl (C=O) groups excluding carboxylic acids is 1. The van der Waals surface area contributed by atoms with Crippen LogP contribution in [0.25, 0.3) is 10.8 Å². The van der Waals surface area contributed by atoms with Gasteiger partial charge < -0.3 is 20.3 Å². The SMILES string of the molecule is CNc1cc2c(NC(C)c3cccc(C#N)c3C)nnc(C)c2cc1C(=O)N(C)C1CCOCC1. The Bertz CT molecular complexity index is 1290. The molecule has 0 aliphatic carbocycles. The Kier molecular flexibility index (Phi) is 7.17. The van der Waals surface area contributed by atoms with Crippen LogP contribution in [0.1, 0.15) is 58.5 Å². The Morgan fingerprint density at radius 3 is 2.63 bits per heavy atom. The zero-order valence-electron chi connectivity index (χ0n) is 21.0. The number of ether oxygens (including phenoxy) is 1. The number of nitrogens with one attached hydrogen (secondary N) is 2. The third kappa shape index (κ3) is 4.77. The molecule has 1 atom stereocenters. The Morgan fingerprint density at radius 1 is 1.20 bits per heavy atom. The molecule has 182 valence electrons. The highest BCUT2D eigenvalue weighted by Gasteiger charge is 2.26. The van der Waals surface area contributed by atoms with Crippen LogP contribution in [0.15, 0.2) is 30.3 Å². The zero-order chi connectivity index (χ0) is 25.1. The van der Waals surface area contributed by atoms with Crippen LogP contribution in [0.3, 0.4) is 0 Å². The predicted octanol–water partition coefficient (Wildman–Crippen LogP) is 4.58. The maximum absolute atomic E-state index is 13.5. The summed E-state index contributed by atoms with van der Waals surface area (Å²) in [5.74, 6) is 0.610. The minimum absolute atomic E-state index is 0.0221.